The van der Waals surface area contributed by atoms with Gasteiger partial charge >= 0.3 is 0 Å². The summed E-state index contributed by atoms with van der Waals surface area (Å²) in [7, 11) is 3.17. The van der Waals surface area contributed by atoms with E-state index in [4.69, 9.17) is 13.9 Å². The maximum atomic E-state index is 12.6. The van der Waals surface area contributed by atoms with Gasteiger partial charge in [0.15, 0.2) is 5.76 Å². The Kier molecular flexibility index (Phi) is 3.73. The van der Waals surface area contributed by atoms with Crippen LogP contribution in [0.4, 0.5) is 0 Å². The lowest BCUT2D eigenvalue weighted by Gasteiger charge is -2.06. The van der Waals surface area contributed by atoms with Gasteiger partial charge in [0.1, 0.15) is 11.5 Å². The number of benzene rings is 1. The fourth-order valence-electron chi connectivity index (χ4n) is 2.44. The first-order chi connectivity index (χ1) is 12.2. The van der Waals surface area contributed by atoms with E-state index >= 15 is 0 Å². The molecule has 8 heteroatoms. The Bertz CT molecular complexity index is 1140. The van der Waals surface area contributed by atoms with Crippen LogP contribution in [-0.4, -0.2) is 28.8 Å². The second-order valence-electron chi connectivity index (χ2n) is 5.13. The quantitative estimate of drug-likeness (QED) is 0.557. The number of methoxy groups -OCH3 is 2. The molecule has 0 aliphatic heterocycles. The van der Waals surface area contributed by atoms with Crippen LogP contribution in [0.3, 0.4) is 0 Å². The summed E-state index contributed by atoms with van der Waals surface area (Å²) in [4.78, 5) is 17.5. The summed E-state index contributed by atoms with van der Waals surface area (Å²) < 4.78 is 17.6. The third-order valence-electron chi connectivity index (χ3n) is 3.65. The topological polar surface area (TPSA) is 78.9 Å². The molecule has 0 unspecified atom stereocenters. The number of rotatable bonds is 4. The fraction of sp³-hybridized carbons (Fsp3) is 0.118. The van der Waals surface area contributed by atoms with Crippen molar-refractivity contribution in [1.29, 1.82) is 0 Å². The molecule has 4 aromatic rings. The van der Waals surface area contributed by atoms with Crippen molar-refractivity contribution in [3.8, 4) is 23.1 Å². The molecular formula is C17H13N3O4S. The SMILES string of the molecule is COc1ccc(OC)c(C=c2sc3nc(-c4ccco4)nn3c2=O)c1. The summed E-state index contributed by atoms with van der Waals surface area (Å²) in [5.41, 5.74) is 0.505. The number of aromatic nitrogens is 3. The summed E-state index contributed by atoms with van der Waals surface area (Å²) in [6.07, 6.45) is 3.29. The Labute approximate surface area is 145 Å². The van der Waals surface area contributed by atoms with Gasteiger partial charge in [0.25, 0.3) is 5.56 Å². The van der Waals surface area contributed by atoms with Gasteiger partial charge in [-0.2, -0.15) is 9.50 Å². The standard InChI is InChI=1S/C17H13N3O4S/c1-22-11-5-6-12(23-2)10(8-11)9-14-16(21)20-17(25-14)18-15(19-20)13-4-3-7-24-13/h3-9H,1-2H3. The van der Waals surface area contributed by atoms with Crippen LogP contribution in [0.15, 0.2) is 45.8 Å². The van der Waals surface area contributed by atoms with E-state index < -0.39 is 0 Å². The number of thiazole rings is 1. The third kappa shape index (κ3) is 2.66. The molecule has 0 radical (unpaired) electrons. The highest BCUT2D eigenvalue weighted by atomic mass is 32.1. The van der Waals surface area contributed by atoms with Crippen molar-refractivity contribution in [3.63, 3.8) is 0 Å². The molecule has 0 fully saturated rings. The average molecular weight is 355 g/mol. The lowest BCUT2D eigenvalue weighted by atomic mass is 10.2. The molecule has 0 atom stereocenters. The maximum absolute atomic E-state index is 12.6. The summed E-state index contributed by atoms with van der Waals surface area (Å²) in [6, 6.07) is 8.89. The number of nitrogens with zero attached hydrogens (tertiary/aromatic N) is 3. The number of hydrogen-bond acceptors (Lipinski definition) is 7. The van der Waals surface area contributed by atoms with Gasteiger partial charge in [-0.1, -0.05) is 11.3 Å². The van der Waals surface area contributed by atoms with Crippen LogP contribution in [0.25, 0.3) is 22.6 Å². The number of fused-ring (bicyclic) bond motifs is 1. The summed E-state index contributed by atoms with van der Waals surface area (Å²) in [5, 5.41) is 4.23. The maximum Gasteiger partial charge on any atom is 0.291 e. The van der Waals surface area contributed by atoms with E-state index in [0.717, 1.165) is 5.56 Å². The molecule has 126 valence electrons. The molecule has 0 saturated carbocycles. The zero-order valence-electron chi connectivity index (χ0n) is 13.4. The van der Waals surface area contributed by atoms with E-state index in [2.05, 4.69) is 10.1 Å². The van der Waals surface area contributed by atoms with E-state index in [-0.39, 0.29) is 5.56 Å². The molecule has 0 aliphatic carbocycles. The van der Waals surface area contributed by atoms with Crippen LogP contribution in [0.5, 0.6) is 11.5 Å². The summed E-state index contributed by atoms with van der Waals surface area (Å²) in [5.74, 6) is 2.24. The Balaban J connectivity index is 1.85. The first-order valence-corrected chi connectivity index (χ1v) is 8.18. The van der Waals surface area contributed by atoms with Crippen LogP contribution in [-0.2, 0) is 0 Å². The smallest absolute Gasteiger partial charge is 0.291 e. The van der Waals surface area contributed by atoms with Crippen molar-refractivity contribution in [2.24, 2.45) is 0 Å². The normalized spacial score (nSPS) is 12.0. The molecule has 0 bridgehead atoms. The lowest BCUT2D eigenvalue weighted by molar-refractivity contribution is 0.402. The minimum absolute atomic E-state index is 0.241. The molecule has 1 aromatic carbocycles. The molecule has 0 spiro atoms. The Morgan fingerprint density at radius 2 is 2.12 bits per heavy atom. The van der Waals surface area contributed by atoms with Gasteiger partial charge in [0.2, 0.25) is 10.8 Å². The van der Waals surface area contributed by atoms with Crippen molar-refractivity contribution in [2.75, 3.05) is 14.2 Å². The highest BCUT2D eigenvalue weighted by Gasteiger charge is 2.14. The fourth-order valence-corrected chi connectivity index (χ4v) is 3.34. The van der Waals surface area contributed by atoms with Crippen LogP contribution in [0.2, 0.25) is 0 Å². The van der Waals surface area contributed by atoms with E-state index in [1.807, 2.05) is 6.07 Å². The summed E-state index contributed by atoms with van der Waals surface area (Å²) in [6.45, 7) is 0. The van der Waals surface area contributed by atoms with Gasteiger partial charge in [0, 0.05) is 5.56 Å². The van der Waals surface area contributed by atoms with Gasteiger partial charge in [0.05, 0.1) is 25.0 Å². The van der Waals surface area contributed by atoms with Gasteiger partial charge in [-0.3, -0.25) is 4.79 Å². The zero-order chi connectivity index (χ0) is 17.4. The van der Waals surface area contributed by atoms with E-state index in [1.54, 1.807) is 44.6 Å². The molecule has 0 amide bonds. The zero-order valence-corrected chi connectivity index (χ0v) is 14.2. The Morgan fingerprint density at radius 1 is 1.24 bits per heavy atom. The van der Waals surface area contributed by atoms with Gasteiger partial charge in [-0.15, -0.1) is 5.10 Å². The van der Waals surface area contributed by atoms with E-state index in [9.17, 15) is 4.79 Å². The van der Waals surface area contributed by atoms with Crippen LogP contribution in [0, 0.1) is 0 Å². The van der Waals surface area contributed by atoms with Crippen molar-refractivity contribution in [2.45, 2.75) is 0 Å². The highest BCUT2D eigenvalue weighted by Crippen LogP contribution is 2.24. The van der Waals surface area contributed by atoms with Crippen LogP contribution < -0.4 is 19.6 Å². The first kappa shape index (κ1) is 15.4. The first-order valence-electron chi connectivity index (χ1n) is 7.37. The molecular weight excluding hydrogens is 342 g/mol. The molecule has 4 rings (SSSR count). The molecule has 3 aromatic heterocycles. The van der Waals surface area contributed by atoms with E-state index in [1.165, 1.54) is 22.1 Å². The average Bonchev–Trinajstić information content (AvgIpc) is 3.34. The van der Waals surface area contributed by atoms with Crippen molar-refractivity contribution in [1.82, 2.24) is 14.6 Å². The second-order valence-corrected chi connectivity index (χ2v) is 6.14. The third-order valence-corrected chi connectivity index (χ3v) is 4.61. The molecule has 7 nitrogen and oxygen atoms in total. The minimum atomic E-state index is -0.241. The lowest BCUT2D eigenvalue weighted by Crippen LogP contribution is -2.23. The van der Waals surface area contributed by atoms with Crippen LogP contribution >= 0.6 is 11.3 Å². The molecule has 0 N–H and O–H groups in total. The monoisotopic (exact) mass is 355 g/mol. The Morgan fingerprint density at radius 3 is 2.80 bits per heavy atom. The second kappa shape index (κ2) is 6.06. The predicted octanol–water partition coefficient (Wildman–Crippen LogP) is 1.98. The molecule has 0 aliphatic rings. The van der Waals surface area contributed by atoms with Gasteiger partial charge in [-0.05, 0) is 36.4 Å². The number of ether oxygens (including phenoxy) is 2. The van der Waals surface area contributed by atoms with Crippen molar-refractivity contribution < 1.29 is 13.9 Å². The van der Waals surface area contributed by atoms with Crippen molar-refractivity contribution >= 4 is 22.4 Å². The van der Waals surface area contributed by atoms with E-state index in [0.29, 0.717) is 32.6 Å². The van der Waals surface area contributed by atoms with Crippen LogP contribution in [0.1, 0.15) is 5.56 Å². The van der Waals surface area contributed by atoms with Gasteiger partial charge in [-0.25, -0.2) is 0 Å². The molecule has 25 heavy (non-hydrogen) atoms. The van der Waals surface area contributed by atoms with Crippen molar-refractivity contribution in [3.05, 3.63) is 57.0 Å². The van der Waals surface area contributed by atoms with Gasteiger partial charge < -0.3 is 13.9 Å². The number of furan rings is 1. The Hall–Kier alpha value is -3.13. The largest absolute Gasteiger partial charge is 0.497 e. The predicted molar refractivity (Wildman–Crippen MR) is 93.2 cm³/mol. The number of hydrogen-bond donors (Lipinski definition) is 0. The summed E-state index contributed by atoms with van der Waals surface area (Å²) >= 11 is 1.25. The molecule has 0 saturated heterocycles. The molecule has 3 heterocycles. The minimum Gasteiger partial charge on any atom is -0.497 e. The highest BCUT2D eigenvalue weighted by molar-refractivity contribution is 7.15.